The van der Waals surface area contributed by atoms with Crippen molar-refractivity contribution in [1.29, 1.82) is 0 Å². The maximum Gasteiger partial charge on any atom is 0.289 e. The van der Waals surface area contributed by atoms with Crippen molar-refractivity contribution in [3.63, 3.8) is 0 Å². The van der Waals surface area contributed by atoms with E-state index in [0.29, 0.717) is 18.5 Å². The lowest BCUT2D eigenvalue weighted by atomic mass is 9.99. The second kappa shape index (κ2) is 9.33. The number of fused-ring (bicyclic) bond motifs is 1. The largest absolute Gasteiger partial charge is 0.396 e. The van der Waals surface area contributed by atoms with Gasteiger partial charge in [-0.15, -0.1) is 0 Å². The molecule has 0 fully saturated rings. The molecule has 0 unspecified atom stereocenters. The Bertz CT molecular complexity index is 1040. The summed E-state index contributed by atoms with van der Waals surface area (Å²) in [6.07, 6.45) is 0.853. The Labute approximate surface area is 174 Å². The molecule has 30 heavy (non-hydrogen) atoms. The van der Waals surface area contributed by atoms with Gasteiger partial charge >= 0.3 is 0 Å². The number of carbonyl (C=O) groups excluding carboxylic acids is 1. The Kier molecular flexibility index (Phi) is 6.80. The Hall–Kier alpha value is -2.82. The van der Waals surface area contributed by atoms with E-state index in [1.807, 2.05) is 12.1 Å². The minimum Gasteiger partial charge on any atom is -0.396 e. The molecule has 0 saturated carbocycles. The molecule has 9 nitrogen and oxygen atoms in total. The van der Waals surface area contributed by atoms with E-state index in [2.05, 4.69) is 0 Å². The van der Waals surface area contributed by atoms with Crippen LogP contribution in [0.3, 0.4) is 0 Å². The van der Waals surface area contributed by atoms with Crippen LogP contribution in [-0.2, 0) is 16.4 Å². The number of aliphatic hydroxyl groups excluding tert-OH is 1. The van der Waals surface area contributed by atoms with E-state index < -0.39 is 25.5 Å². The average Bonchev–Trinajstić information content (AvgIpc) is 2.75. The number of rotatable bonds is 9. The fraction of sp³-hybridized carbons (Fsp3) is 0.350. The zero-order chi connectivity index (χ0) is 21.7. The Morgan fingerprint density at radius 2 is 1.80 bits per heavy atom. The number of nitro benzene ring substituents is 1. The highest BCUT2D eigenvalue weighted by atomic mass is 32.2. The highest BCUT2D eigenvalue weighted by molar-refractivity contribution is 7.89. The predicted octanol–water partition coefficient (Wildman–Crippen LogP) is 1.67. The van der Waals surface area contributed by atoms with Crippen molar-refractivity contribution < 1.29 is 23.2 Å². The van der Waals surface area contributed by atoms with Gasteiger partial charge in [-0.1, -0.05) is 30.3 Å². The summed E-state index contributed by atoms with van der Waals surface area (Å²) in [5.41, 5.74) is 1.06. The lowest BCUT2D eigenvalue weighted by Gasteiger charge is -2.31. The van der Waals surface area contributed by atoms with Crippen LogP contribution in [0.4, 0.5) is 5.69 Å². The third-order valence-electron chi connectivity index (χ3n) is 5.05. The number of para-hydroxylation sites is 1. The highest BCUT2D eigenvalue weighted by Gasteiger charge is 2.32. The molecule has 1 N–H and O–H groups in total. The molecule has 1 aliphatic rings. The fourth-order valence-corrected chi connectivity index (χ4v) is 5.11. The third-order valence-corrected chi connectivity index (χ3v) is 7.00. The number of hydrogen-bond acceptors (Lipinski definition) is 6. The Balaban J connectivity index is 1.82. The summed E-state index contributed by atoms with van der Waals surface area (Å²) in [5, 5.41) is 20.5. The summed E-state index contributed by atoms with van der Waals surface area (Å²) >= 11 is 0. The van der Waals surface area contributed by atoms with E-state index >= 15 is 0 Å². The molecule has 1 heterocycles. The molecule has 3 rings (SSSR count). The molecule has 0 atom stereocenters. The maximum absolute atomic E-state index is 13.2. The van der Waals surface area contributed by atoms with Crippen LogP contribution in [-0.4, -0.2) is 66.3 Å². The second-order valence-corrected chi connectivity index (χ2v) is 8.81. The summed E-state index contributed by atoms with van der Waals surface area (Å²) in [7, 11) is -4.19. The smallest absolute Gasteiger partial charge is 0.289 e. The lowest BCUT2D eigenvalue weighted by Crippen LogP contribution is -2.44. The molecule has 0 radical (unpaired) electrons. The average molecular weight is 433 g/mol. The number of carbonyl (C=O) groups is 1. The van der Waals surface area contributed by atoms with Crippen molar-refractivity contribution in [3.05, 3.63) is 69.8 Å². The molecule has 2 aromatic rings. The minimum atomic E-state index is -4.19. The molecule has 0 saturated heterocycles. The molecule has 0 bridgehead atoms. The first-order valence-electron chi connectivity index (χ1n) is 9.58. The van der Waals surface area contributed by atoms with Gasteiger partial charge in [0.05, 0.1) is 4.92 Å². The van der Waals surface area contributed by atoms with E-state index in [1.165, 1.54) is 18.2 Å². The van der Waals surface area contributed by atoms with Gasteiger partial charge in [0, 0.05) is 44.4 Å². The Morgan fingerprint density at radius 1 is 1.10 bits per heavy atom. The van der Waals surface area contributed by atoms with Crippen LogP contribution in [0.25, 0.3) is 0 Å². The lowest BCUT2D eigenvalue weighted by molar-refractivity contribution is -0.387. The van der Waals surface area contributed by atoms with Crippen LogP contribution < -0.4 is 0 Å². The topological polar surface area (TPSA) is 121 Å². The molecule has 1 aliphatic heterocycles. The van der Waals surface area contributed by atoms with Gasteiger partial charge in [0.1, 0.15) is 0 Å². The van der Waals surface area contributed by atoms with Gasteiger partial charge in [-0.2, -0.15) is 4.31 Å². The van der Waals surface area contributed by atoms with Gasteiger partial charge < -0.3 is 10.0 Å². The molecule has 1 amide bonds. The van der Waals surface area contributed by atoms with Crippen molar-refractivity contribution in [2.75, 3.05) is 32.8 Å². The first-order valence-corrected chi connectivity index (χ1v) is 11.0. The molecule has 0 spiro atoms. The number of amides is 1. The number of nitrogens with zero attached hydrogens (tertiary/aromatic N) is 3. The van der Waals surface area contributed by atoms with Gasteiger partial charge in [-0.25, -0.2) is 8.42 Å². The van der Waals surface area contributed by atoms with Crippen molar-refractivity contribution in [2.45, 2.75) is 17.7 Å². The first kappa shape index (κ1) is 21.9. The van der Waals surface area contributed by atoms with E-state index in [9.17, 15) is 23.3 Å². The molecular formula is C20H23N3O6S. The van der Waals surface area contributed by atoms with E-state index in [-0.39, 0.29) is 38.6 Å². The summed E-state index contributed by atoms with van der Waals surface area (Å²) < 4.78 is 27.4. The van der Waals surface area contributed by atoms with E-state index in [4.69, 9.17) is 5.11 Å². The molecular weight excluding hydrogens is 410 g/mol. The van der Waals surface area contributed by atoms with Gasteiger partial charge in [-0.3, -0.25) is 14.9 Å². The number of sulfonamides is 1. The van der Waals surface area contributed by atoms with Crippen LogP contribution >= 0.6 is 0 Å². The summed E-state index contributed by atoms with van der Waals surface area (Å²) in [6.45, 7) is 0.360. The monoisotopic (exact) mass is 433 g/mol. The number of hydrogen-bond donors (Lipinski definition) is 1. The minimum absolute atomic E-state index is 0.0104. The summed E-state index contributed by atoms with van der Waals surface area (Å²) in [6, 6.07) is 12.5. The van der Waals surface area contributed by atoms with Crippen molar-refractivity contribution in [3.8, 4) is 0 Å². The van der Waals surface area contributed by atoms with E-state index in [0.717, 1.165) is 15.9 Å². The highest BCUT2D eigenvalue weighted by Crippen LogP contribution is 2.26. The molecule has 2 aromatic carbocycles. The molecule has 10 heteroatoms. The molecule has 160 valence electrons. The number of nitro groups is 1. The van der Waals surface area contributed by atoms with E-state index in [1.54, 1.807) is 17.0 Å². The maximum atomic E-state index is 13.2. The van der Waals surface area contributed by atoms with Gasteiger partial charge in [0.2, 0.25) is 10.0 Å². The second-order valence-electron chi connectivity index (χ2n) is 6.91. The number of benzene rings is 2. The normalized spacial score (nSPS) is 14.1. The third kappa shape index (κ3) is 4.50. The van der Waals surface area contributed by atoms with Gasteiger partial charge in [-0.05, 0) is 30.5 Å². The SMILES string of the molecule is O=C1c2ccccc2CCN1CCN(CCCO)S(=O)(=O)c1ccccc1[N+](=O)[O-]. The summed E-state index contributed by atoms with van der Waals surface area (Å²) in [4.78, 5) is 24.5. The van der Waals surface area contributed by atoms with Crippen molar-refractivity contribution in [1.82, 2.24) is 9.21 Å². The predicted molar refractivity (Wildman–Crippen MR) is 110 cm³/mol. The zero-order valence-corrected chi connectivity index (χ0v) is 17.1. The molecule has 0 aliphatic carbocycles. The molecule has 0 aromatic heterocycles. The number of aliphatic hydroxyl groups is 1. The van der Waals surface area contributed by atoms with Crippen LogP contribution in [0, 0.1) is 10.1 Å². The standard InChI is InChI=1S/C20H23N3O6S/c24-15-5-11-22(30(28,29)19-9-4-3-8-18(19)23(26)27)14-13-21-12-10-16-6-1-2-7-17(16)20(21)25/h1-4,6-9,24H,5,10-15H2. The van der Waals surface area contributed by atoms with Crippen molar-refractivity contribution >= 4 is 21.6 Å². The van der Waals surface area contributed by atoms with Gasteiger partial charge in [0.15, 0.2) is 4.90 Å². The van der Waals surface area contributed by atoms with Crippen LogP contribution in [0.2, 0.25) is 0 Å². The van der Waals surface area contributed by atoms with Crippen molar-refractivity contribution in [2.24, 2.45) is 0 Å². The van der Waals surface area contributed by atoms with Crippen LogP contribution in [0.15, 0.2) is 53.4 Å². The van der Waals surface area contributed by atoms with Gasteiger partial charge in [0.25, 0.3) is 11.6 Å². The first-order chi connectivity index (χ1) is 14.4. The quantitative estimate of drug-likeness (QED) is 0.474. The van der Waals surface area contributed by atoms with Crippen LogP contribution in [0.1, 0.15) is 22.3 Å². The fourth-order valence-electron chi connectivity index (χ4n) is 3.48. The Morgan fingerprint density at radius 3 is 2.53 bits per heavy atom. The zero-order valence-electron chi connectivity index (χ0n) is 16.3. The summed E-state index contributed by atoms with van der Waals surface area (Å²) in [5.74, 6) is -0.165. The van der Waals surface area contributed by atoms with Crippen LogP contribution in [0.5, 0.6) is 0 Å².